The maximum Gasteiger partial charge on any atom is 0.411 e. The van der Waals surface area contributed by atoms with Crippen LogP contribution < -0.4 is 19.3 Å². The molecule has 7 heteroatoms. The summed E-state index contributed by atoms with van der Waals surface area (Å²) in [5.74, 6) is 1.50. The van der Waals surface area contributed by atoms with Gasteiger partial charge < -0.3 is 19.5 Å². The molecule has 0 aliphatic carbocycles. The van der Waals surface area contributed by atoms with Crippen molar-refractivity contribution in [2.45, 2.75) is 13.3 Å². The fraction of sp³-hybridized carbons (Fsp3) is 0.435. The minimum absolute atomic E-state index is 0.437. The molecule has 2 aromatic carbocycles. The average Bonchev–Trinajstić information content (AvgIpc) is 2.78. The third kappa shape index (κ3) is 5.36. The molecule has 2 aromatic rings. The number of anilines is 2. The van der Waals surface area contributed by atoms with Gasteiger partial charge >= 0.3 is 6.09 Å². The summed E-state index contributed by atoms with van der Waals surface area (Å²) in [5, 5.41) is 9.70. The van der Waals surface area contributed by atoms with Crippen LogP contribution in [0.2, 0.25) is 0 Å². The summed E-state index contributed by atoms with van der Waals surface area (Å²) in [6.07, 6.45) is -0.190. The Hall–Kier alpha value is -2.93. The number of hydrogen-bond acceptors (Lipinski definition) is 5. The molecule has 3 rings (SSSR count). The molecule has 0 bridgehead atoms. The summed E-state index contributed by atoms with van der Waals surface area (Å²) in [7, 11) is 1.70. The number of benzene rings is 2. The first-order valence-electron chi connectivity index (χ1n) is 10.5. The summed E-state index contributed by atoms with van der Waals surface area (Å²) < 4.78 is 11.1. The van der Waals surface area contributed by atoms with Gasteiger partial charge in [-0.05, 0) is 44.2 Å². The van der Waals surface area contributed by atoms with Crippen molar-refractivity contribution in [1.82, 2.24) is 4.90 Å². The van der Waals surface area contributed by atoms with Crippen molar-refractivity contribution in [1.29, 1.82) is 0 Å². The molecule has 30 heavy (non-hydrogen) atoms. The third-order valence-electron chi connectivity index (χ3n) is 5.34. The second kappa shape index (κ2) is 10.7. The zero-order valence-corrected chi connectivity index (χ0v) is 17.8. The van der Waals surface area contributed by atoms with Crippen LogP contribution in [0.1, 0.15) is 13.3 Å². The molecule has 0 atom stereocenters. The third-order valence-corrected chi connectivity index (χ3v) is 5.34. The van der Waals surface area contributed by atoms with Gasteiger partial charge in [0.15, 0.2) is 0 Å². The van der Waals surface area contributed by atoms with Gasteiger partial charge in [0.05, 0.1) is 25.1 Å². The van der Waals surface area contributed by atoms with Crippen LogP contribution in [0.5, 0.6) is 11.5 Å². The van der Waals surface area contributed by atoms with Crippen LogP contribution in [0.15, 0.2) is 48.5 Å². The number of piperazine rings is 1. The first kappa shape index (κ1) is 21.8. The van der Waals surface area contributed by atoms with Gasteiger partial charge in [0, 0.05) is 32.7 Å². The number of ether oxygens (including phenoxy) is 2. The maximum absolute atomic E-state index is 11.8. The molecule has 1 N–H and O–H groups in total. The number of nitrogens with zero attached hydrogens (tertiary/aromatic N) is 3. The van der Waals surface area contributed by atoms with Crippen LogP contribution in [0.4, 0.5) is 16.2 Å². The Morgan fingerprint density at radius 1 is 1.03 bits per heavy atom. The number of methoxy groups -OCH3 is 1. The Morgan fingerprint density at radius 2 is 1.70 bits per heavy atom. The quantitative estimate of drug-likeness (QED) is 0.675. The van der Waals surface area contributed by atoms with Crippen LogP contribution >= 0.6 is 0 Å². The predicted octanol–water partition coefficient (Wildman–Crippen LogP) is 3.79. The molecule has 1 heterocycles. The van der Waals surface area contributed by atoms with Gasteiger partial charge in [-0.1, -0.05) is 24.3 Å². The highest BCUT2D eigenvalue weighted by Gasteiger charge is 2.21. The smallest absolute Gasteiger partial charge is 0.411 e. The first-order valence-corrected chi connectivity index (χ1v) is 10.5. The molecule has 0 unspecified atom stereocenters. The van der Waals surface area contributed by atoms with Crippen molar-refractivity contribution in [3.63, 3.8) is 0 Å². The molecular weight excluding hydrogens is 382 g/mol. The maximum atomic E-state index is 11.8. The van der Waals surface area contributed by atoms with E-state index in [2.05, 4.69) is 15.9 Å². The highest BCUT2D eigenvalue weighted by molar-refractivity contribution is 5.88. The monoisotopic (exact) mass is 413 g/mol. The second-order valence-corrected chi connectivity index (χ2v) is 7.19. The van der Waals surface area contributed by atoms with Crippen molar-refractivity contribution in [3.05, 3.63) is 48.5 Å². The zero-order chi connectivity index (χ0) is 21.3. The molecule has 162 valence electrons. The summed E-state index contributed by atoms with van der Waals surface area (Å²) >= 11 is 0. The van der Waals surface area contributed by atoms with Crippen LogP contribution in [-0.4, -0.2) is 69.1 Å². The Balaban J connectivity index is 1.52. The van der Waals surface area contributed by atoms with Crippen LogP contribution in [0, 0.1) is 0 Å². The van der Waals surface area contributed by atoms with Crippen molar-refractivity contribution in [2.24, 2.45) is 0 Å². The van der Waals surface area contributed by atoms with Gasteiger partial charge in [-0.2, -0.15) is 0 Å². The zero-order valence-electron chi connectivity index (χ0n) is 17.8. The van der Waals surface area contributed by atoms with E-state index in [1.54, 1.807) is 13.2 Å². The largest absolute Gasteiger partial charge is 0.495 e. The van der Waals surface area contributed by atoms with Crippen molar-refractivity contribution in [3.8, 4) is 11.5 Å². The predicted molar refractivity (Wildman–Crippen MR) is 119 cm³/mol. The molecule has 0 radical (unpaired) electrons. The normalized spacial score (nSPS) is 14.4. The van der Waals surface area contributed by atoms with Crippen molar-refractivity contribution in [2.75, 3.05) is 62.8 Å². The number of carboxylic acid groups (broad SMARTS) is 1. The molecular formula is C23H31N3O4. The van der Waals surface area contributed by atoms with Gasteiger partial charge in [0.25, 0.3) is 0 Å². The van der Waals surface area contributed by atoms with E-state index in [-0.39, 0.29) is 0 Å². The second-order valence-electron chi connectivity index (χ2n) is 7.19. The minimum atomic E-state index is -0.955. The fourth-order valence-electron chi connectivity index (χ4n) is 3.83. The lowest BCUT2D eigenvalue weighted by Gasteiger charge is -2.36. The number of rotatable bonds is 9. The highest BCUT2D eigenvalue weighted by Crippen LogP contribution is 2.29. The number of hydrogen-bond donors (Lipinski definition) is 1. The molecule has 1 aliphatic heterocycles. The summed E-state index contributed by atoms with van der Waals surface area (Å²) in [5.41, 5.74) is 1.73. The Bertz CT molecular complexity index is 822. The highest BCUT2D eigenvalue weighted by atomic mass is 16.5. The van der Waals surface area contributed by atoms with Crippen LogP contribution in [0.25, 0.3) is 0 Å². The molecule has 1 aliphatic rings. The molecule has 0 saturated carbocycles. The van der Waals surface area contributed by atoms with E-state index in [0.717, 1.165) is 50.6 Å². The number of para-hydroxylation sites is 4. The van der Waals surface area contributed by atoms with E-state index in [9.17, 15) is 9.90 Å². The number of amides is 1. The average molecular weight is 414 g/mol. The fourth-order valence-corrected chi connectivity index (χ4v) is 3.83. The minimum Gasteiger partial charge on any atom is -0.495 e. The van der Waals surface area contributed by atoms with E-state index in [1.165, 1.54) is 4.90 Å². The Morgan fingerprint density at radius 3 is 2.37 bits per heavy atom. The summed E-state index contributed by atoms with van der Waals surface area (Å²) in [4.78, 5) is 18.0. The lowest BCUT2D eigenvalue weighted by Crippen LogP contribution is -2.47. The van der Waals surface area contributed by atoms with E-state index >= 15 is 0 Å². The number of carbonyl (C=O) groups is 1. The van der Waals surface area contributed by atoms with E-state index in [4.69, 9.17) is 9.47 Å². The molecule has 0 spiro atoms. The summed E-state index contributed by atoms with van der Waals surface area (Å²) in [6.45, 7) is 7.44. The van der Waals surface area contributed by atoms with Gasteiger partial charge in [0.1, 0.15) is 11.5 Å². The topological polar surface area (TPSA) is 65.5 Å². The van der Waals surface area contributed by atoms with Gasteiger partial charge in [-0.3, -0.25) is 9.80 Å². The molecule has 7 nitrogen and oxygen atoms in total. The van der Waals surface area contributed by atoms with Gasteiger partial charge in [-0.25, -0.2) is 4.79 Å². The lowest BCUT2D eigenvalue weighted by molar-refractivity contribution is 0.200. The van der Waals surface area contributed by atoms with Crippen molar-refractivity contribution >= 4 is 17.5 Å². The van der Waals surface area contributed by atoms with Gasteiger partial charge in [0.2, 0.25) is 0 Å². The van der Waals surface area contributed by atoms with E-state index in [0.29, 0.717) is 24.6 Å². The van der Waals surface area contributed by atoms with E-state index in [1.807, 2.05) is 43.3 Å². The Kier molecular flexibility index (Phi) is 7.79. The molecule has 1 fully saturated rings. The molecule has 1 amide bonds. The van der Waals surface area contributed by atoms with Crippen molar-refractivity contribution < 1.29 is 19.4 Å². The lowest BCUT2D eigenvalue weighted by atomic mass is 10.2. The van der Waals surface area contributed by atoms with Crippen LogP contribution in [-0.2, 0) is 0 Å². The Labute approximate surface area is 178 Å². The standard InChI is InChI=1S/C23H31N3O4/c1-3-30-22-12-7-5-10-20(22)26(23(27)28)14-8-13-24-15-17-25(18-16-24)19-9-4-6-11-21(19)29-2/h4-7,9-12H,3,8,13-18H2,1-2H3,(H,27,28). The van der Waals surface area contributed by atoms with Gasteiger partial charge in [-0.15, -0.1) is 0 Å². The molecule has 0 aromatic heterocycles. The van der Waals surface area contributed by atoms with Crippen LogP contribution in [0.3, 0.4) is 0 Å². The molecule has 1 saturated heterocycles. The van der Waals surface area contributed by atoms with E-state index < -0.39 is 6.09 Å². The SMILES string of the molecule is CCOc1ccccc1N(CCCN1CCN(c2ccccc2OC)CC1)C(=O)O. The summed E-state index contributed by atoms with van der Waals surface area (Å²) in [6, 6.07) is 15.4. The first-order chi connectivity index (χ1) is 14.6.